The van der Waals surface area contributed by atoms with Gasteiger partial charge in [-0.2, -0.15) is 10.4 Å². The number of rotatable bonds is 8. The summed E-state index contributed by atoms with van der Waals surface area (Å²) in [6, 6.07) is 16.4. The first-order valence-corrected chi connectivity index (χ1v) is 9.24. The van der Waals surface area contributed by atoms with Crippen LogP contribution in [0.3, 0.4) is 0 Å². The zero-order chi connectivity index (χ0) is 20.6. The third kappa shape index (κ3) is 5.67. The first-order valence-electron chi connectivity index (χ1n) is 9.24. The molecule has 0 radical (unpaired) electrons. The normalized spacial score (nSPS) is 10.6. The largest absolute Gasteiger partial charge is 0.489 e. The number of hydrogen-bond donors (Lipinski definition) is 1. The molecule has 1 N–H and O–H groups in total. The number of carbonyl (C=O) groups is 1. The van der Waals surface area contributed by atoms with E-state index in [2.05, 4.69) is 21.4 Å². The van der Waals surface area contributed by atoms with Gasteiger partial charge in [-0.1, -0.05) is 24.3 Å². The van der Waals surface area contributed by atoms with E-state index in [1.807, 2.05) is 32.3 Å². The Labute approximate surface area is 170 Å². The number of carbonyl (C=O) groups excluding carboxylic acids is 1. The van der Waals surface area contributed by atoms with Gasteiger partial charge in [0.1, 0.15) is 12.4 Å². The second-order valence-corrected chi connectivity index (χ2v) is 6.83. The Kier molecular flexibility index (Phi) is 6.61. The van der Waals surface area contributed by atoms with Crippen LogP contribution in [0.4, 0.5) is 5.69 Å². The lowest BCUT2D eigenvalue weighted by atomic mass is 10.1. The molecule has 29 heavy (non-hydrogen) atoms. The zero-order valence-corrected chi connectivity index (χ0v) is 16.5. The molecule has 0 aliphatic carbocycles. The van der Waals surface area contributed by atoms with Gasteiger partial charge < -0.3 is 15.0 Å². The van der Waals surface area contributed by atoms with E-state index < -0.39 is 0 Å². The highest BCUT2D eigenvalue weighted by Crippen LogP contribution is 2.18. The summed E-state index contributed by atoms with van der Waals surface area (Å²) in [5, 5.41) is 16.3. The predicted octanol–water partition coefficient (Wildman–Crippen LogP) is 3.15. The van der Waals surface area contributed by atoms with E-state index in [-0.39, 0.29) is 12.5 Å². The summed E-state index contributed by atoms with van der Waals surface area (Å²) in [5.74, 6) is 0.326. The van der Waals surface area contributed by atoms with Crippen LogP contribution < -0.4 is 10.1 Å². The molecule has 7 heteroatoms. The lowest BCUT2D eigenvalue weighted by Crippen LogP contribution is -2.18. The summed E-state index contributed by atoms with van der Waals surface area (Å²) in [7, 11) is 4.00. The smallest absolute Gasteiger partial charge is 0.255 e. The maximum atomic E-state index is 12.6. The Hall–Kier alpha value is -3.63. The molecule has 1 aromatic heterocycles. The highest BCUT2D eigenvalue weighted by Gasteiger charge is 2.10. The third-order valence-electron chi connectivity index (χ3n) is 4.30. The predicted molar refractivity (Wildman–Crippen MR) is 111 cm³/mol. The van der Waals surface area contributed by atoms with E-state index >= 15 is 0 Å². The van der Waals surface area contributed by atoms with Crippen molar-refractivity contribution < 1.29 is 9.53 Å². The van der Waals surface area contributed by atoms with Crippen LogP contribution in [-0.4, -0.2) is 41.2 Å². The number of benzene rings is 2. The van der Waals surface area contributed by atoms with Crippen LogP contribution in [0, 0.1) is 11.3 Å². The topological polar surface area (TPSA) is 83.2 Å². The van der Waals surface area contributed by atoms with Gasteiger partial charge in [-0.3, -0.25) is 9.48 Å². The summed E-state index contributed by atoms with van der Waals surface area (Å²) in [4.78, 5) is 14.6. The number of ether oxygens (including phenoxy) is 1. The standard InChI is InChI=1S/C22H23N5O2/c1-26(2)10-11-27-15-20(14-24-27)25-22(28)17-8-5-9-21(12-17)29-16-19-7-4-3-6-18(19)13-23/h3-9,12,14-15H,10-11,16H2,1-2H3,(H,25,28). The molecule has 7 nitrogen and oxygen atoms in total. The van der Waals surface area contributed by atoms with E-state index in [4.69, 9.17) is 10.00 Å². The quantitative estimate of drug-likeness (QED) is 0.640. The van der Waals surface area contributed by atoms with Gasteiger partial charge in [0, 0.05) is 23.9 Å². The van der Waals surface area contributed by atoms with Gasteiger partial charge in [-0.15, -0.1) is 0 Å². The number of amides is 1. The molecular weight excluding hydrogens is 366 g/mol. The van der Waals surface area contributed by atoms with Crippen LogP contribution in [0.1, 0.15) is 21.5 Å². The second-order valence-electron chi connectivity index (χ2n) is 6.83. The molecule has 2 aromatic carbocycles. The average molecular weight is 389 g/mol. The van der Waals surface area contributed by atoms with Crippen LogP contribution in [-0.2, 0) is 13.2 Å². The van der Waals surface area contributed by atoms with Crippen molar-refractivity contribution >= 4 is 11.6 Å². The van der Waals surface area contributed by atoms with Crippen molar-refractivity contribution in [3.05, 3.63) is 77.6 Å². The number of nitrogens with one attached hydrogen (secondary N) is 1. The van der Waals surface area contributed by atoms with Crippen molar-refractivity contribution in [1.29, 1.82) is 5.26 Å². The molecule has 0 atom stereocenters. The summed E-state index contributed by atoms with van der Waals surface area (Å²) < 4.78 is 7.58. The first-order chi connectivity index (χ1) is 14.0. The van der Waals surface area contributed by atoms with Gasteiger partial charge in [-0.05, 0) is 38.4 Å². The third-order valence-corrected chi connectivity index (χ3v) is 4.30. The Morgan fingerprint density at radius 1 is 1.24 bits per heavy atom. The van der Waals surface area contributed by atoms with Gasteiger partial charge >= 0.3 is 0 Å². The highest BCUT2D eigenvalue weighted by atomic mass is 16.5. The Morgan fingerprint density at radius 3 is 2.86 bits per heavy atom. The molecule has 148 valence electrons. The molecule has 0 spiro atoms. The summed E-state index contributed by atoms with van der Waals surface area (Å²) in [5.41, 5.74) is 2.50. The number of aromatic nitrogens is 2. The molecule has 3 aromatic rings. The van der Waals surface area contributed by atoms with E-state index in [1.165, 1.54) is 0 Å². The summed E-state index contributed by atoms with van der Waals surface area (Å²) in [6.07, 6.45) is 3.44. The van der Waals surface area contributed by atoms with Gasteiger partial charge in [0.05, 0.1) is 30.1 Å². The summed E-state index contributed by atoms with van der Waals surface area (Å²) in [6.45, 7) is 1.87. The SMILES string of the molecule is CN(C)CCn1cc(NC(=O)c2cccc(OCc3ccccc3C#N)c2)cn1. The van der Waals surface area contributed by atoms with Crippen molar-refractivity contribution in [2.24, 2.45) is 0 Å². The molecule has 0 bridgehead atoms. The fourth-order valence-corrected chi connectivity index (χ4v) is 2.70. The van der Waals surface area contributed by atoms with Crippen LogP contribution in [0.15, 0.2) is 60.9 Å². The minimum Gasteiger partial charge on any atom is -0.489 e. The fourth-order valence-electron chi connectivity index (χ4n) is 2.70. The number of hydrogen-bond acceptors (Lipinski definition) is 5. The first kappa shape index (κ1) is 20.1. The van der Waals surface area contributed by atoms with Crippen LogP contribution in [0.25, 0.3) is 0 Å². The monoisotopic (exact) mass is 389 g/mol. The molecule has 3 rings (SSSR count). The van der Waals surface area contributed by atoms with Gasteiger partial charge in [0.15, 0.2) is 0 Å². The van der Waals surface area contributed by atoms with Crippen LogP contribution in [0.2, 0.25) is 0 Å². The van der Waals surface area contributed by atoms with Crippen LogP contribution >= 0.6 is 0 Å². The van der Waals surface area contributed by atoms with Crippen molar-refractivity contribution in [1.82, 2.24) is 14.7 Å². The highest BCUT2D eigenvalue weighted by molar-refractivity contribution is 6.04. The van der Waals surface area contributed by atoms with Gasteiger partial charge in [0.25, 0.3) is 5.91 Å². The van der Waals surface area contributed by atoms with Crippen molar-refractivity contribution in [3.63, 3.8) is 0 Å². The Balaban J connectivity index is 1.61. The van der Waals surface area contributed by atoms with Crippen molar-refractivity contribution in [2.75, 3.05) is 26.0 Å². The number of anilines is 1. The number of nitrogens with zero attached hydrogens (tertiary/aromatic N) is 4. The van der Waals surface area contributed by atoms with Crippen molar-refractivity contribution in [2.45, 2.75) is 13.2 Å². The second kappa shape index (κ2) is 9.53. The van der Waals surface area contributed by atoms with Gasteiger partial charge in [-0.25, -0.2) is 0 Å². The molecule has 0 saturated carbocycles. The molecule has 0 aliphatic rings. The number of nitriles is 1. The van der Waals surface area contributed by atoms with E-state index in [0.29, 0.717) is 22.6 Å². The van der Waals surface area contributed by atoms with Gasteiger partial charge in [0.2, 0.25) is 0 Å². The zero-order valence-electron chi connectivity index (χ0n) is 16.5. The Bertz CT molecular complexity index is 1020. The van der Waals surface area contributed by atoms with E-state index in [9.17, 15) is 4.79 Å². The molecule has 0 aliphatic heterocycles. The lowest BCUT2D eigenvalue weighted by Gasteiger charge is -2.09. The number of likely N-dealkylation sites (N-methyl/N-ethyl adjacent to an activating group) is 1. The molecule has 1 heterocycles. The Morgan fingerprint density at radius 2 is 2.07 bits per heavy atom. The molecular formula is C22H23N5O2. The maximum Gasteiger partial charge on any atom is 0.255 e. The molecule has 1 amide bonds. The van der Waals surface area contributed by atoms with Crippen LogP contribution in [0.5, 0.6) is 5.75 Å². The lowest BCUT2D eigenvalue weighted by molar-refractivity contribution is 0.102. The average Bonchev–Trinajstić information content (AvgIpc) is 3.18. The van der Waals surface area contributed by atoms with Crippen molar-refractivity contribution in [3.8, 4) is 11.8 Å². The van der Waals surface area contributed by atoms with E-state index in [0.717, 1.165) is 18.7 Å². The summed E-state index contributed by atoms with van der Waals surface area (Å²) >= 11 is 0. The minimum absolute atomic E-state index is 0.236. The van der Waals surface area contributed by atoms with E-state index in [1.54, 1.807) is 47.4 Å². The molecule has 0 fully saturated rings. The molecule has 0 saturated heterocycles. The minimum atomic E-state index is -0.236. The maximum absolute atomic E-state index is 12.6. The molecule has 0 unspecified atom stereocenters. The fraction of sp³-hybridized carbons (Fsp3) is 0.227.